The highest BCUT2D eigenvalue weighted by Gasteiger charge is 2.12. The largest absolute Gasteiger partial charge is 0.331 e. The van der Waals surface area contributed by atoms with Crippen molar-refractivity contribution in [2.24, 2.45) is 12.0 Å². The van der Waals surface area contributed by atoms with E-state index in [-0.39, 0.29) is 0 Å². The standard InChI is InChI=1S/C20H20N6/c1-14-23-15(13-26(14)12-11-21-2)6-9-19-24-20-16-5-4-10-22-17(16)7-8-18(20)25(19)3/h4-5,7-8,10-13H,2,6,9H2,1,3H3/b12-11-. The van der Waals surface area contributed by atoms with Gasteiger partial charge in [0.05, 0.1) is 22.2 Å². The minimum Gasteiger partial charge on any atom is -0.331 e. The Bertz CT molecular complexity index is 1130. The molecule has 0 unspecified atom stereocenters. The molecule has 0 aliphatic carbocycles. The summed E-state index contributed by atoms with van der Waals surface area (Å²) in [6.45, 7) is 5.43. The van der Waals surface area contributed by atoms with Crippen molar-refractivity contribution >= 4 is 34.9 Å². The number of aliphatic imine (C=N–C) groups is 1. The second-order valence-corrected chi connectivity index (χ2v) is 6.26. The Hall–Kier alpha value is -3.28. The van der Waals surface area contributed by atoms with Gasteiger partial charge in [0.2, 0.25) is 0 Å². The number of hydrogen-bond donors (Lipinski definition) is 0. The Balaban J connectivity index is 1.63. The lowest BCUT2D eigenvalue weighted by Gasteiger charge is -2.01. The zero-order valence-corrected chi connectivity index (χ0v) is 14.9. The van der Waals surface area contributed by atoms with Crippen LogP contribution in [-0.4, -0.2) is 30.8 Å². The number of benzene rings is 1. The van der Waals surface area contributed by atoms with Gasteiger partial charge in [-0.25, -0.2) is 9.97 Å². The second-order valence-electron chi connectivity index (χ2n) is 6.26. The smallest absolute Gasteiger partial charge is 0.110 e. The molecule has 0 fully saturated rings. The van der Waals surface area contributed by atoms with Crippen molar-refractivity contribution < 1.29 is 0 Å². The molecule has 6 heteroatoms. The van der Waals surface area contributed by atoms with Crippen molar-refractivity contribution in [1.82, 2.24) is 24.1 Å². The van der Waals surface area contributed by atoms with Gasteiger partial charge in [-0.2, -0.15) is 0 Å². The van der Waals surface area contributed by atoms with Gasteiger partial charge in [-0.3, -0.25) is 9.98 Å². The second kappa shape index (κ2) is 6.55. The van der Waals surface area contributed by atoms with Gasteiger partial charge in [0.15, 0.2) is 0 Å². The summed E-state index contributed by atoms with van der Waals surface area (Å²) >= 11 is 0. The SMILES string of the molecule is C=N/C=C\n1cc(CCc2nc3c4cccnc4ccc3n2C)nc1C. The van der Waals surface area contributed by atoms with Crippen LogP contribution in [0.2, 0.25) is 0 Å². The van der Waals surface area contributed by atoms with Gasteiger partial charge < -0.3 is 9.13 Å². The molecule has 0 saturated carbocycles. The molecular weight excluding hydrogens is 324 g/mol. The van der Waals surface area contributed by atoms with Crippen LogP contribution in [0.5, 0.6) is 0 Å². The van der Waals surface area contributed by atoms with Crippen LogP contribution in [0.3, 0.4) is 0 Å². The van der Waals surface area contributed by atoms with E-state index in [1.54, 1.807) is 6.20 Å². The molecule has 6 nitrogen and oxygen atoms in total. The van der Waals surface area contributed by atoms with Crippen LogP contribution >= 0.6 is 0 Å². The van der Waals surface area contributed by atoms with Gasteiger partial charge in [-0.05, 0) is 44.3 Å². The average molecular weight is 344 g/mol. The number of aromatic nitrogens is 5. The van der Waals surface area contributed by atoms with Crippen LogP contribution in [0, 0.1) is 6.92 Å². The fourth-order valence-electron chi connectivity index (χ4n) is 3.26. The van der Waals surface area contributed by atoms with E-state index in [1.165, 1.54) is 0 Å². The van der Waals surface area contributed by atoms with Crippen LogP contribution in [0.4, 0.5) is 0 Å². The fraction of sp³-hybridized carbons (Fsp3) is 0.200. The molecular formula is C20H20N6. The number of nitrogens with zero attached hydrogens (tertiary/aromatic N) is 6. The molecule has 4 rings (SSSR count). The van der Waals surface area contributed by atoms with Crippen LogP contribution < -0.4 is 0 Å². The third-order valence-electron chi connectivity index (χ3n) is 4.63. The molecule has 0 saturated heterocycles. The van der Waals surface area contributed by atoms with Crippen molar-refractivity contribution in [3.63, 3.8) is 0 Å². The molecule has 130 valence electrons. The first-order valence-corrected chi connectivity index (χ1v) is 8.53. The maximum Gasteiger partial charge on any atom is 0.110 e. The number of rotatable bonds is 5. The topological polar surface area (TPSA) is 60.9 Å². The van der Waals surface area contributed by atoms with Crippen molar-refractivity contribution in [1.29, 1.82) is 0 Å². The summed E-state index contributed by atoms with van der Waals surface area (Å²) in [7, 11) is 2.06. The lowest BCUT2D eigenvalue weighted by atomic mass is 10.2. The van der Waals surface area contributed by atoms with Gasteiger partial charge in [0, 0.05) is 43.6 Å². The molecule has 26 heavy (non-hydrogen) atoms. The maximum absolute atomic E-state index is 4.89. The summed E-state index contributed by atoms with van der Waals surface area (Å²) in [4.78, 5) is 17.7. The third-order valence-corrected chi connectivity index (χ3v) is 4.63. The molecule has 0 atom stereocenters. The molecule has 4 aromatic rings. The molecule has 0 aliphatic rings. The van der Waals surface area contributed by atoms with Gasteiger partial charge in [-0.1, -0.05) is 0 Å². The highest BCUT2D eigenvalue weighted by molar-refractivity contribution is 6.02. The van der Waals surface area contributed by atoms with Crippen LogP contribution in [0.25, 0.3) is 28.1 Å². The number of aryl methyl sites for hydroxylation is 4. The zero-order valence-electron chi connectivity index (χ0n) is 14.9. The highest BCUT2D eigenvalue weighted by atomic mass is 15.1. The summed E-state index contributed by atoms with van der Waals surface area (Å²) in [5.41, 5.74) is 4.15. The fourth-order valence-corrected chi connectivity index (χ4v) is 3.26. The summed E-state index contributed by atoms with van der Waals surface area (Å²) in [5.74, 6) is 1.98. The minimum atomic E-state index is 0.826. The predicted molar refractivity (Wildman–Crippen MR) is 105 cm³/mol. The van der Waals surface area contributed by atoms with E-state index in [1.807, 2.05) is 42.2 Å². The Kier molecular flexibility index (Phi) is 4.08. The first-order chi connectivity index (χ1) is 12.7. The van der Waals surface area contributed by atoms with Gasteiger partial charge in [-0.15, -0.1) is 0 Å². The number of imidazole rings is 2. The van der Waals surface area contributed by atoms with Gasteiger partial charge in [0.1, 0.15) is 11.6 Å². The van der Waals surface area contributed by atoms with E-state index in [9.17, 15) is 0 Å². The Labute approximate surface area is 151 Å². The highest BCUT2D eigenvalue weighted by Crippen LogP contribution is 2.24. The number of pyridine rings is 1. The van der Waals surface area contributed by atoms with E-state index >= 15 is 0 Å². The summed E-state index contributed by atoms with van der Waals surface area (Å²) < 4.78 is 4.12. The maximum atomic E-state index is 4.89. The molecule has 0 bridgehead atoms. The van der Waals surface area contributed by atoms with E-state index in [2.05, 4.69) is 45.4 Å². The number of hydrogen-bond acceptors (Lipinski definition) is 4. The van der Waals surface area contributed by atoms with Crippen molar-refractivity contribution in [3.8, 4) is 0 Å². The summed E-state index contributed by atoms with van der Waals surface area (Å²) in [6, 6.07) is 8.17. The monoisotopic (exact) mass is 344 g/mol. The van der Waals surface area contributed by atoms with Gasteiger partial charge in [0.25, 0.3) is 0 Å². The Morgan fingerprint density at radius 3 is 2.92 bits per heavy atom. The first kappa shape index (κ1) is 16.2. The Morgan fingerprint density at radius 2 is 2.08 bits per heavy atom. The van der Waals surface area contributed by atoms with Crippen LogP contribution in [0.15, 0.2) is 47.9 Å². The zero-order chi connectivity index (χ0) is 18.1. The summed E-state index contributed by atoms with van der Waals surface area (Å²) in [5, 5.41) is 1.09. The molecule has 0 amide bonds. The normalized spacial score (nSPS) is 11.8. The van der Waals surface area contributed by atoms with Crippen molar-refractivity contribution in [2.45, 2.75) is 19.8 Å². The lowest BCUT2D eigenvalue weighted by molar-refractivity contribution is 0.777. The van der Waals surface area contributed by atoms with E-state index in [0.29, 0.717) is 0 Å². The Morgan fingerprint density at radius 1 is 1.19 bits per heavy atom. The van der Waals surface area contributed by atoms with Crippen molar-refractivity contribution in [2.75, 3.05) is 0 Å². The third kappa shape index (κ3) is 2.79. The minimum absolute atomic E-state index is 0.826. The van der Waals surface area contributed by atoms with Gasteiger partial charge >= 0.3 is 0 Å². The lowest BCUT2D eigenvalue weighted by Crippen LogP contribution is -2.00. The van der Waals surface area contributed by atoms with Crippen molar-refractivity contribution in [3.05, 3.63) is 60.2 Å². The summed E-state index contributed by atoms with van der Waals surface area (Å²) in [6.07, 6.45) is 9.01. The molecule has 3 aromatic heterocycles. The number of fused-ring (bicyclic) bond motifs is 3. The molecule has 0 spiro atoms. The quantitative estimate of drug-likeness (QED) is 0.520. The average Bonchev–Trinajstić information content (AvgIpc) is 3.18. The van der Waals surface area contributed by atoms with E-state index in [4.69, 9.17) is 4.98 Å². The molecule has 0 radical (unpaired) electrons. The predicted octanol–water partition coefficient (Wildman–Crippen LogP) is 3.54. The van der Waals surface area contributed by atoms with Crippen LogP contribution in [0.1, 0.15) is 17.3 Å². The van der Waals surface area contributed by atoms with E-state index in [0.717, 1.165) is 52.1 Å². The van der Waals surface area contributed by atoms with E-state index < -0.39 is 0 Å². The van der Waals surface area contributed by atoms with Crippen LogP contribution in [-0.2, 0) is 19.9 Å². The molecule has 0 aliphatic heterocycles. The molecule has 3 heterocycles. The first-order valence-electron chi connectivity index (χ1n) is 8.53. The molecule has 1 aromatic carbocycles. The molecule has 0 N–H and O–H groups in total.